The lowest BCUT2D eigenvalue weighted by Gasteiger charge is -2.15. The summed E-state index contributed by atoms with van der Waals surface area (Å²) >= 11 is 17.7. The van der Waals surface area contributed by atoms with Gasteiger partial charge in [-0.15, -0.1) is 0 Å². The predicted molar refractivity (Wildman–Crippen MR) is 87.9 cm³/mol. The fourth-order valence-corrected chi connectivity index (χ4v) is 2.14. The van der Waals surface area contributed by atoms with Crippen molar-refractivity contribution in [2.24, 2.45) is 0 Å². The zero-order valence-corrected chi connectivity index (χ0v) is 13.3. The second-order valence-electron chi connectivity index (χ2n) is 4.41. The molecule has 0 bridgehead atoms. The molecule has 0 aliphatic heterocycles. The van der Waals surface area contributed by atoms with Crippen molar-refractivity contribution in [1.82, 2.24) is 0 Å². The van der Waals surface area contributed by atoms with E-state index in [2.05, 4.69) is 5.32 Å². The Morgan fingerprint density at radius 3 is 2.48 bits per heavy atom. The van der Waals surface area contributed by atoms with Crippen molar-refractivity contribution >= 4 is 40.5 Å². The van der Waals surface area contributed by atoms with Gasteiger partial charge in [-0.2, -0.15) is 0 Å². The minimum atomic E-state index is -0.685. The van der Waals surface area contributed by atoms with Crippen LogP contribution >= 0.6 is 34.8 Å². The van der Waals surface area contributed by atoms with E-state index in [1.807, 2.05) is 12.1 Å². The number of aliphatic hydroxyl groups excluding tert-OH is 1. The zero-order valence-electron chi connectivity index (χ0n) is 11.0. The van der Waals surface area contributed by atoms with E-state index in [0.29, 0.717) is 27.4 Å². The summed E-state index contributed by atoms with van der Waals surface area (Å²) in [5, 5.41) is 14.4. The maximum atomic E-state index is 9.90. The van der Waals surface area contributed by atoms with Crippen LogP contribution in [0.25, 0.3) is 0 Å². The molecule has 6 heteroatoms. The molecule has 1 atom stereocenters. The number of ether oxygens (including phenoxy) is 1. The van der Waals surface area contributed by atoms with Gasteiger partial charge in [0.1, 0.15) is 18.5 Å². The average molecular weight is 347 g/mol. The summed E-state index contributed by atoms with van der Waals surface area (Å²) in [5.41, 5.74) is 0.779. The maximum absolute atomic E-state index is 9.90. The number of benzene rings is 2. The third-order valence-corrected chi connectivity index (χ3v) is 3.78. The Kier molecular flexibility index (Phi) is 6.00. The first-order valence-electron chi connectivity index (χ1n) is 6.30. The van der Waals surface area contributed by atoms with Crippen LogP contribution in [0.3, 0.4) is 0 Å². The molecule has 0 heterocycles. The van der Waals surface area contributed by atoms with Crippen molar-refractivity contribution < 1.29 is 9.84 Å². The fraction of sp³-hybridized carbons (Fsp3) is 0.200. The quantitative estimate of drug-likeness (QED) is 0.809. The van der Waals surface area contributed by atoms with Crippen LogP contribution in [0.4, 0.5) is 5.69 Å². The molecule has 2 rings (SSSR count). The molecule has 2 aromatic rings. The molecule has 0 spiro atoms. The summed E-state index contributed by atoms with van der Waals surface area (Å²) in [6.45, 7) is 0.459. The van der Waals surface area contributed by atoms with Gasteiger partial charge in [-0.05, 0) is 30.3 Å². The normalized spacial score (nSPS) is 12.0. The molecule has 21 heavy (non-hydrogen) atoms. The summed E-state index contributed by atoms with van der Waals surface area (Å²) in [7, 11) is 0. The smallest absolute Gasteiger partial charge is 0.138 e. The van der Waals surface area contributed by atoms with Crippen LogP contribution in [0.5, 0.6) is 5.75 Å². The Morgan fingerprint density at radius 2 is 1.76 bits per heavy atom. The van der Waals surface area contributed by atoms with Crippen LogP contribution in [0.2, 0.25) is 15.1 Å². The summed E-state index contributed by atoms with van der Waals surface area (Å²) in [4.78, 5) is 0. The van der Waals surface area contributed by atoms with Crippen LogP contribution in [-0.4, -0.2) is 24.4 Å². The van der Waals surface area contributed by atoms with Gasteiger partial charge in [-0.1, -0.05) is 46.9 Å². The van der Waals surface area contributed by atoms with E-state index in [-0.39, 0.29) is 6.61 Å². The van der Waals surface area contributed by atoms with Crippen LogP contribution < -0.4 is 10.1 Å². The van der Waals surface area contributed by atoms with Gasteiger partial charge in [-0.3, -0.25) is 0 Å². The van der Waals surface area contributed by atoms with Crippen molar-refractivity contribution in [2.75, 3.05) is 18.5 Å². The van der Waals surface area contributed by atoms with Gasteiger partial charge in [0, 0.05) is 12.2 Å². The molecule has 0 saturated heterocycles. The van der Waals surface area contributed by atoms with Gasteiger partial charge in [-0.25, -0.2) is 0 Å². The highest BCUT2D eigenvalue weighted by molar-refractivity contribution is 6.42. The minimum Gasteiger partial charge on any atom is -0.489 e. The Balaban J connectivity index is 1.81. The predicted octanol–water partition coefficient (Wildman–Crippen LogP) is 4.50. The van der Waals surface area contributed by atoms with E-state index in [1.165, 1.54) is 0 Å². The van der Waals surface area contributed by atoms with Crippen molar-refractivity contribution in [2.45, 2.75) is 6.10 Å². The molecule has 1 unspecified atom stereocenters. The molecule has 2 aromatic carbocycles. The summed E-state index contributed by atoms with van der Waals surface area (Å²) in [6, 6.07) is 12.3. The molecular weight excluding hydrogens is 333 g/mol. The Morgan fingerprint density at radius 1 is 1.00 bits per heavy atom. The number of nitrogens with one attached hydrogen (secondary N) is 1. The van der Waals surface area contributed by atoms with E-state index < -0.39 is 6.10 Å². The Bertz CT molecular complexity index is 607. The van der Waals surface area contributed by atoms with E-state index in [1.54, 1.807) is 30.3 Å². The number of anilines is 1. The molecule has 0 saturated carbocycles. The number of rotatable bonds is 6. The largest absolute Gasteiger partial charge is 0.489 e. The Labute approximate surface area is 138 Å². The van der Waals surface area contributed by atoms with Crippen molar-refractivity contribution in [3.05, 3.63) is 57.5 Å². The molecule has 0 aliphatic carbocycles. The monoisotopic (exact) mass is 345 g/mol. The van der Waals surface area contributed by atoms with Crippen LogP contribution in [-0.2, 0) is 0 Å². The lowest BCUT2D eigenvalue weighted by atomic mass is 10.3. The van der Waals surface area contributed by atoms with Crippen molar-refractivity contribution in [3.63, 3.8) is 0 Å². The third-order valence-electron chi connectivity index (χ3n) is 2.73. The molecule has 2 N–H and O–H groups in total. The van der Waals surface area contributed by atoms with E-state index in [9.17, 15) is 5.11 Å². The molecule has 0 radical (unpaired) electrons. The first-order chi connectivity index (χ1) is 10.1. The number of aliphatic hydroxyl groups is 1. The first kappa shape index (κ1) is 16.2. The molecule has 3 nitrogen and oxygen atoms in total. The molecule has 0 aliphatic rings. The third kappa shape index (κ3) is 4.97. The standard InChI is InChI=1S/C15H14Cl3NO2/c16-12-6-5-10(7-14(12)18)19-8-11(20)9-21-15-4-2-1-3-13(15)17/h1-7,11,19-20H,8-9H2. The van der Waals surface area contributed by atoms with E-state index in [4.69, 9.17) is 39.5 Å². The molecular formula is C15H14Cl3NO2. The summed E-state index contributed by atoms with van der Waals surface area (Å²) in [5.74, 6) is 0.549. The average Bonchev–Trinajstić information content (AvgIpc) is 2.47. The number of hydrogen-bond acceptors (Lipinski definition) is 3. The van der Waals surface area contributed by atoms with Gasteiger partial charge in [0.15, 0.2) is 0 Å². The van der Waals surface area contributed by atoms with Crippen LogP contribution in [0.1, 0.15) is 0 Å². The van der Waals surface area contributed by atoms with Crippen molar-refractivity contribution in [3.8, 4) is 5.75 Å². The van der Waals surface area contributed by atoms with Crippen molar-refractivity contribution in [1.29, 1.82) is 0 Å². The van der Waals surface area contributed by atoms with Gasteiger partial charge in [0.05, 0.1) is 15.1 Å². The molecule has 0 aromatic heterocycles. The minimum absolute atomic E-state index is 0.137. The zero-order chi connectivity index (χ0) is 15.2. The Hall–Kier alpha value is -1.13. The molecule has 0 amide bonds. The van der Waals surface area contributed by atoms with Crippen LogP contribution in [0, 0.1) is 0 Å². The van der Waals surface area contributed by atoms with E-state index >= 15 is 0 Å². The lowest BCUT2D eigenvalue weighted by Crippen LogP contribution is -2.26. The summed E-state index contributed by atoms with van der Waals surface area (Å²) < 4.78 is 5.46. The highest BCUT2D eigenvalue weighted by atomic mass is 35.5. The first-order valence-corrected chi connectivity index (χ1v) is 7.44. The van der Waals surface area contributed by atoms with Gasteiger partial charge >= 0.3 is 0 Å². The second-order valence-corrected chi connectivity index (χ2v) is 5.63. The van der Waals surface area contributed by atoms with E-state index in [0.717, 1.165) is 5.69 Å². The summed E-state index contributed by atoms with van der Waals surface area (Å²) in [6.07, 6.45) is -0.685. The second kappa shape index (κ2) is 7.76. The molecule has 0 fully saturated rings. The lowest BCUT2D eigenvalue weighted by molar-refractivity contribution is 0.117. The SMILES string of the molecule is OC(CNc1ccc(Cl)c(Cl)c1)COc1ccccc1Cl. The van der Waals surface area contributed by atoms with Crippen LogP contribution in [0.15, 0.2) is 42.5 Å². The fourth-order valence-electron chi connectivity index (χ4n) is 1.65. The highest BCUT2D eigenvalue weighted by Gasteiger charge is 2.07. The van der Waals surface area contributed by atoms with Gasteiger partial charge in [0.2, 0.25) is 0 Å². The number of para-hydroxylation sites is 1. The number of halogens is 3. The topological polar surface area (TPSA) is 41.5 Å². The number of hydrogen-bond donors (Lipinski definition) is 2. The van der Waals surface area contributed by atoms with Gasteiger partial charge < -0.3 is 15.2 Å². The highest BCUT2D eigenvalue weighted by Crippen LogP contribution is 2.25. The maximum Gasteiger partial charge on any atom is 0.138 e. The van der Waals surface area contributed by atoms with Gasteiger partial charge in [0.25, 0.3) is 0 Å². The molecule has 112 valence electrons.